The van der Waals surface area contributed by atoms with E-state index in [1.165, 1.54) is 22.3 Å². The summed E-state index contributed by atoms with van der Waals surface area (Å²) in [6.07, 6.45) is 2.03. The number of nitrogens with one attached hydrogen (secondary N) is 1. The van der Waals surface area contributed by atoms with Crippen LogP contribution in [0.25, 0.3) is 5.69 Å². The SMILES string of the molecule is CCC(C)C(NC(=O)c1sccc1-n1cnnn1)C(=O)O. The van der Waals surface area contributed by atoms with Gasteiger partial charge < -0.3 is 10.4 Å². The van der Waals surface area contributed by atoms with Crippen LogP contribution in [0.15, 0.2) is 17.8 Å². The van der Waals surface area contributed by atoms with Gasteiger partial charge in [0.15, 0.2) is 0 Å². The molecular weight excluding hydrogens is 294 g/mol. The number of hydrogen-bond acceptors (Lipinski definition) is 6. The Bertz CT molecular complexity index is 625. The molecular formula is C12H15N5O3S. The maximum atomic E-state index is 12.3. The Morgan fingerprint density at radius 1 is 1.52 bits per heavy atom. The molecule has 2 aromatic rings. The number of nitrogens with zero attached hydrogens (tertiary/aromatic N) is 4. The van der Waals surface area contributed by atoms with Crippen molar-refractivity contribution >= 4 is 23.2 Å². The Morgan fingerprint density at radius 2 is 2.29 bits per heavy atom. The van der Waals surface area contributed by atoms with Crippen LogP contribution in [0.3, 0.4) is 0 Å². The summed E-state index contributed by atoms with van der Waals surface area (Å²) < 4.78 is 1.37. The molecule has 2 N–H and O–H groups in total. The topological polar surface area (TPSA) is 110 Å². The molecule has 0 aliphatic rings. The second-order valence-corrected chi connectivity index (χ2v) is 5.48. The summed E-state index contributed by atoms with van der Waals surface area (Å²) in [7, 11) is 0. The highest BCUT2D eigenvalue weighted by atomic mass is 32.1. The third-order valence-electron chi connectivity index (χ3n) is 3.21. The highest BCUT2D eigenvalue weighted by Gasteiger charge is 2.27. The third-order valence-corrected chi connectivity index (χ3v) is 4.11. The monoisotopic (exact) mass is 309 g/mol. The molecule has 1 amide bonds. The van der Waals surface area contributed by atoms with Crippen LogP contribution in [0.2, 0.25) is 0 Å². The summed E-state index contributed by atoms with van der Waals surface area (Å²) in [5.74, 6) is -1.65. The number of carboxylic acids is 1. The molecule has 8 nitrogen and oxygen atoms in total. The average molecular weight is 309 g/mol. The van der Waals surface area contributed by atoms with Gasteiger partial charge in [-0.3, -0.25) is 4.79 Å². The third kappa shape index (κ3) is 3.24. The van der Waals surface area contributed by atoms with Crippen molar-refractivity contribution in [3.05, 3.63) is 22.7 Å². The van der Waals surface area contributed by atoms with Gasteiger partial charge in [-0.05, 0) is 27.8 Å². The van der Waals surface area contributed by atoms with Gasteiger partial charge in [0, 0.05) is 0 Å². The molecule has 0 saturated carbocycles. The minimum Gasteiger partial charge on any atom is -0.480 e. The standard InChI is InChI=1S/C12H15N5O3S/c1-3-7(2)9(12(19)20)14-11(18)10-8(4-5-21-10)17-6-13-15-16-17/h4-7,9H,3H2,1-2H3,(H,14,18)(H,19,20). The van der Waals surface area contributed by atoms with E-state index in [9.17, 15) is 14.7 Å². The van der Waals surface area contributed by atoms with Gasteiger partial charge in [-0.2, -0.15) is 4.68 Å². The summed E-state index contributed by atoms with van der Waals surface area (Å²) in [6.45, 7) is 3.67. The van der Waals surface area contributed by atoms with Crippen molar-refractivity contribution in [1.82, 2.24) is 25.5 Å². The molecule has 2 aromatic heterocycles. The summed E-state index contributed by atoms with van der Waals surface area (Å²) in [4.78, 5) is 24.0. The molecule has 9 heteroatoms. The summed E-state index contributed by atoms with van der Waals surface area (Å²) >= 11 is 1.21. The molecule has 0 bridgehead atoms. The summed E-state index contributed by atoms with van der Waals surface area (Å²) in [5.41, 5.74) is 0.524. The van der Waals surface area contributed by atoms with E-state index < -0.39 is 17.9 Å². The van der Waals surface area contributed by atoms with Gasteiger partial charge in [0.2, 0.25) is 0 Å². The van der Waals surface area contributed by atoms with Crippen molar-refractivity contribution in [2.75, 3.05) is 0 Å². The predicted octanol–water partition coefficient (Wildman–Crippen LogP) is 0.953. The Morgan fingerprint density at radius 3 is 2.86 bits per heavy atom. The van der Waals surface area contributed by atoms with Gasteiger partial charge in [-0.1, -0.05) is 20.3 Å². The normalized spacial score (nSPS) is 13.6. The summed E-state index contributed by atoms with van der Waals surface area (Å²) in [6, 6.07) is 0.779. The Kier molecular flexibility index (Phi) is 4.63. The first-order chi connectivity index (χ1) is 10.0. The molecule has 2 unspecified atom stereocenters. The molecule has 21 heavy (non-hydrogen) atoms. The first kappa shape index (κ1) is 15.1. The van der Waals surface area contributed by atoms with E-state index in [2.05, 4.69) is 20.8 Å². The van der Waals surface area contributed by atoms with Crippen molar-refractivity contribution in [1.29, 1.82) is 0 Å². The van der Waals surface area contributed by atoms with Crippen LogP contribution in [0.5, 0.6) is 0 Å². The Hall–Kier alpha value is -2.29. The van der Waals surface area contributed by atoms with Gasteiger partial charge in [0.25, 0.3) is 5.91 Å². The number of carboxylic acid groups (broad SMARTS) is 1. The number of thiophene rings is 1. The number of aromatic nitrogens is 4. The van der Waals surface area contributed by atoms with Crippen LogP contribution in [-0.4, -0.2) is 43.2 Å². The number of amides is 1. The number of carbonyl (C=O) groups excluding carboxylic acids is 1. The molecule has 2 heterocycles. The van der Waals surface area contributed by atoms with Crippen molar-refractivity contribution < 1.29 is 14.7 Å². The Balaban J connectivity index is 2.21. The second-order valence-electron chi connectivity index (χ2n) is 4.56. The zero-order chi connectivity index (χ0) is 15.4. The number of rotatable bonds is 6. The lowest BCUT2D eigenvalue weighted by molar-refractivity contribution is -0.140. The molecule has 0 fully saturated rings. The molecule has 0 radical (unpaired) electrons. The van der Waals surface area contributed by atoms with E-state index in [1.54, 1.807) is 18.4 Å². The van der Waals surface area contributed by atoms with Gasteiger partial charge in [-0.25, -0.2) is 4.79 Å². The van der Waals surface area contributed by atoms with E-state index in [1.807, 2.05) is 6.92 Å². The smallest absolute Gasteiger partial charge is 0.326 e. The predicted molar refractivity (Wildman–Crippen MR) is 75.4 cm³/mol. The number of aliphatic carboxylic acids is 1. The largest absolute Gasteiger partial charge is 0.480 e. The lowest BCUT2D eigenvalue weighted by Gasteiger charge is -2.19. The number of carbonyl (C=O) groups is 2. The fourth-order valence-corrected chi connectivity index (χ4v) is 2.60. The molecule has 0 spiro atoms. The van der Waals surface area contributed by atoms with Crippen LogP contribution >= 0.6 is 11.3 Å². The van der Waals surface area contributed by atoms with Crippen molar-refractivity contribution in [2.24, 2.45) is 5.92 Å². The van der Waals surface area contributed by atoms with Crippen LogP contribution in [0, 0.1) is 5.92 Å². The molecule has 2 rings (SSSR count). The molecule has 0 aliphatic carbocycles. The van der Waals surface area contributed by atoms with Gasteiger partial charge in [0.1, 0.15) is 17.2 Å². The maximum absolute atomic E-state index is 12.3. The number of tetrazole rings is 1. The highest BCUT2D eigenvalue weighted by molar-refractivity contribution is 7.12. The van der Waals surface area contributed by atoms with Crippen LogP contribution in [0.1, 0.15) is 29.9 Å². The molecule has 112 valence electrons. The van der Waals surface area contributed by atoms with Crippen molar-refractivity contribution in [3.63, 3.8) is 0 Å². The zero-order valence-corrected chi connectivity index (χ0v) is 12.4. The van der Waals surface area contributed by atoms with Crippen molar-refractivity contribution in [2.45, 2.75) is 26.3 Å². The van der Waals surface area contributed by atoms with E-state index >= 15 is 0 Å². The minimum atomic E-state index is -1.04. The average Bonchev–Trinajstić information content (AvgIpc) is 3.12. The number of hydrogen-bond donors (Lipinski definition) is 2. The highest BCUT2D eigenvalue weighted by Crippen LogP contribution is 2.20. The molecule has 0 saturated heterocycles. The molecule has 2 atom stereocenters. The Labute approximate surface area is 124 Å². The van der Waals surface area contributed by atoms with E-state index in [0.717, 1.165) is 0 Å². The minimum absolute atomic E-state index is 0.164. The quantitative estimate of drug-likeness (QED) is 0.822. The lowest BCUT2D eigenvalue weighted by atomic mass is 9.99. The van der Waals surface area contributed by atoms with Gasteiger partial charge >= 0.3 is 5.97 Å². The molecule has 0 aliphatic heterocycles. The lowest BCUT2D eigenvalue weighted by Crippen LogP contribution is -2.45. The van der Waals surface area contributed by atoms with Gasteiger partial charge in [-0.15, -0.1) is 16.4 Å². The first-order valence-corrected chi connectivity index (χ1v) is 7.27. The second kappa shape index (κ2) is 6.44. The van der Waals surface area contributed by atoms with Crippen LogP contribution < -0.4 is 5.32 Å². The van der Waals surface area contributed by atoms with E-state index in [0.29, 0.717) is 17.0 Å². The zero-order valence-electron chi connectivity index (χ0n) is 11.6. The fraction of sp³-hybridized carbons (Fsp3) is 0.417. The van der Waals surface area contributed by atoms with Crippen molar-refractivity contribution in [3.8, 4) is 5.69 Å². The van der Waals surface area contributed by atoms with Gasteiger partial charge in [0.05, 0.1) is 5.69 Å². The summed E-state index contributed by atoms with van der Waals surface area (Å²) in [5, 5.41) is 24.3. The fourth-order valence-electron chi connectivity index (χ4n) is 1.81. The maximum Gasteiger partial charge on any atom is 0.326 e. The molecule has 0 aromatic carbocycles. The van der Waals surface area contributed by atoms with Crippen LogP contribution in [-0.2, 0) is 4.79 Å². The first-order valence-electron chi connectivity index (χ1n) is 6.39. The van der Waals surface area contributed by atoms with Crippen LogP contribution in [0.4, 0.5) is 0 Å². The van der Waals surface area contributed by atoms with E-state index in [4.69, 9.17) is 0 Å². The van der Waals surface area contributed by atoms with E-state index in [-0.39, 0.29) is 5.92 Å².